The van der Waals surface area contributed by atoms with E-state index in [2.05, 4.69) is 12.2 Å². The Morgan fingerprint density at radius 3 is 2.60 bits per heavy atom. The van der Waals surface area contributed by atoms with Crippen molar-refractivity contribution in [1.29, 1.82) is 0 Å². The average Bonchev–Trinajstić information content (AvgIpc) is 2.66. The van der Waals surface area contributed by atoms with Gasteiger partial charge in [-0.15, -0.1) is 0 Å². The number of anilines is 1. The molecular formula is C13H17NO. The summed E-state index contributed by atoms with van der Waals surface area (Å²) in [5.41, 5.74) is 0.905. The first-order valence-corrected chi connectivity index (χ1v) is 5.61. The minimum Gasteiger partial charge on any atom is -0.326 e. The first-order valence-electron chi connectivity index (χ1n) is 5.61. The molecule has 0 radical (unpaired) electrons. The van der Waals surface area contributed by atoms with Crippen LogP contribution in [-0.2, 0) is 4.79 Å². The number of carbonyl (C=O) groups excluding carboxylic acids is 1. The van der Waals surface area contributed by atoms with Crippen molar-refractivity contribution in [3.05, 3.63) is 30.3 Å². The third-order valence-electron chi connectivity index (χ3n) is 3.11. The predicted molar refractivity (Wildman–Crippen MR) is 61.6 cm³/mol. The molecule has 80 valence electrons. The number of rotatable bonds is 2. The summed E-state index contributed by atoms with van der Waals surface area (Å²) in [5.74, 6) is 1.11. The van der Waals surface area contributed by atoms with Gasteiger partial charge >= 0.3 is 0 Å². The number of hydrogen-bond acceptors (Lipinski definition) is 1. The molecule has 1 saturated carbocycles. The zero-order valence-corrected chi connectivity index (χ0v) is 9.07. The molecule has 2 rings (SSSR count). The van der Waals surface area contributed by atoms with Gasteiger partial charge in [-0.3, -0.25) is 4.79 Å². The number of para-hydroxylation sites is 1. The van der Waals surface area contributed by atoms with E-state index >= 15 is 0 Å². The zero-order chi connectivity index (χ0) is 10.7. The van der Waals surface area contributed by atoms with E-state index in [1.165, 1.54) is 6.42 Å². The van der Waals surface area contributed by atoms with E-state index in [9.17, 15) is 4.79 Å². The maximum atomic E-state index is 11.8. The zero-order valence-electron chi connectivity index (χ0n) is 9.07. The molecule has 2 atom stereocenters. The summed E-state index contributed by atoms with van der Waals surface area (Å²) < 4.78 is 0. The topological polar surface area (TPSA) is 29.1 Å². The SMILES string of the molecule is CC1CCC(C(=O)Nc2ccccc2)C1. The van der Waals surface area contributed by atoms with Crippen molar-refractivity contribution in [3.8, 4) is 0 Å². The molecule has 2 unspecified atom stereocenters. The van der Waals surface area contributed by atoms with Crippen molar-refractivity contribution < 1.29 is 4.79 Å². The average molecular weight is 203 g/mol. The van der Waals surface area contributed by atoms with Crippen LogP contribution in [0.4, 0.5) is 5.69 Å². The molecule has 1 aromatic carbocycles. The largest absolute Gasteiger partial charge is 0.326 e. The maximum absolute atomic E-state index is 11.8. The van der Waals surface area contributed by atoms with Crippen LogP contribution in [-0.4, -0.2) is 5.91 Å². The molecule has 2 heteroatoms. The van der Waals surface area contributed by atoms with Crippen LogP contribution in [0.25, 0.3) is 0 Å². The highest BCUT2D eigenvalue weighted by Crippen LogP contribution is 2.31. The van der Waals surface area contributed by atoms with Gasteiger partial charge in [0.25, 0.3) is 0 Å². The third-order valence-corrected chi connectivity index (χ3v) is 3.11. The molecule has 0 saturated heterocycles. The van der Waals surface area contributed by atoms with Crippen molar-refractivity contribution in [2.75, 3.05) is 5.32 Å². The Bertz CT molecular complexity index is 334. The highest BCUT2D eigenvalue weighted by molar-refractivity contribution is 5.92. The molecule has 0 aliphatic heterocycles. The van der Waals surface area contributed by atoms with Gasteiger partial charge in [0.1, 0.15) is 0 Å². The van der Waals surface area contributed by atoms with Crippen LogP contribution in [0.2, 0.25) is 0 Å². The van der Waals surface area contributed by atoms with Gasteiger partial charge in [-0.25, -0.2) is 0 Å². The van der Waals surface area contributed by atoms with Crippen LogP contribution < -0.4 is 5.32 Å². The normalized spacial score (nSPS) is 25.1. The fraction of sp³-hybridized carbons (Fsp3) is 0.462. The van der Waals surface area contributed by atoms with Crippen molar-refractivity contribution >= 4 is 11.6 Å². The van der Waals surface area contributed by atoms with Gasteiger partial charge in [-0.2, -0.15) is 0 Å². The number of hydrogen-bond donors (Lipinski definition) is 1. The maximum Gasteiger partial charge on any atom is 0.227 e. The first kappa shape index (κ1) is 10.2. The Hall–Kier alpha value is -1.31. The van der Waals surface area contributed by atoms with Gasteiger partial charge < -0.3 is 5.32 Å². The molecule has 1 amide bonds. The lowest BCUT2D eigenvalue weighted by atomic mass is 10.1. The van der Waals surface area contributed by atoms with Crippen LogP contribution in [0.1, 0.15) is 26.2 Å². The minimum absolute atomic E-state index is 0.186. The summed E-state index contributed by atoms with van der Waals surface area (Å²) in [6.07, 6.45) is 3.27. The van der Waals surface area contributed by atoms with E-state index in [1.54, 1.807) is 0 Å². The second kappa shape index (κ2) is 4.47. The lowest BCUT2D eigenvalue weighted by Gasteiger charge is -2.10. The highest BCUT2D eigenvalue weighted by atomic mass is 16.1. The molecule has 15 heavy (non-hydrogen) atoms. The van der Waals surface area contributed by atoms with E-state index in [1.807, 2.05) is 30.3 Å². The number of amides is 1. The first-order chi connectivity index (χ1) is 7.25. The summed E-state index contributed by atoms with van der Waals surface area (Å²) >= 11 is 0. The number of benzene rings is 1. The molecule has 0 aromatic heterocycles. The summed E-state index contributed by atoms with van der Waals surface area (Å²) in [6.45, 7) is 2.22. The second-order valence-electron chi connectivity index (χ2n) is 4.47. The van der Waals surface area contributed by atoms with Gasteiger partial charge in [-0.05, 0) is 37.3 Å². The Labute approximate surface area is 90.7 Å². The molecule has 0 heterocycles. The Balaban J connectivity index is 1.93. The van der Waals surface area contributed by atoms with E-state index < -0.39 is 0 Å². The molecule has 1 fully saturated rings. The fourth-order valence-electron chi connectivity index (χ4n) is 2.21. The summed E-state index contributed by atoms with van der Waals surface area (Å²) in [7, 11) is 0. The standard InChI is InChI=1S/C13H17NO/c1-10-7-8-11(9-10)13(15)14-12-5-3-2-4-6-12/h2-6,10-11H,7-9H2,1H3,(H,14,15). The predicted octanol–water partition coefficient (Wildman–Crippen LogP) is 3.06. The van der Waals surface area contributed by atoms with E-state index in [-0.39, 0.29) is 11.8 Å². The fourth-order valence-corrected chi connectivity index (χ4v) is 2.21. The molecule has 1 N–H and O–H groups in total. The third kappa shape index (κ3) is 2.58. The molecular weight excluding hydrogens is 186 g/mol. The Kier molecular flexibility index (Phi) is 3.05. The summed E-state index contributed by atoms with van der Waals surface area (Å²) in [6, 6.07) is 9.68. The molecule has 0 bridgehead atoms. The minimum atomic E-state index is 0.186. The molecule has 2 nitrogen and oxygen atoms in total. The Morgan fingerprint density at radius 2 is 2.00 bits per heavy atom. The van der Waals surface area contributed by atoms with Gasteiger partial charge in [-0.1, -0.05) is 25.1 Å². The monoisotopic (exact) mass is 203 g/mol. The smallest absolute Gasteiger partial charge is 0.227 e. The molecule has 1 aliphatic rings. The van der Waals surface area contributed by atoms with Gasteiger partial charge in [0.2, 0.25) is 5.91 Å². The van der Waals surface area contributed by atoms with Crippen molar-refractivity contribution in [1.82, 2.24) is 0 Å². The number of carbonyl (C=O) groups is 1. The van der Waals surface area contributed by atoms with Crippen molar-refractivity contribution in [2.24, 2.45) is 11.8 Å². The molecule has 1 aromatic rings. The molecule has 0 spiro atoms. The van der Waals surface area contributed by atoms with Crippen LogP contribution in [0.3, 0.4) is 0 Å². The van der Waals surface area contributed by atoms with Crippen LogP contribution in [0, 0.1) is 11.8 Å². The van der Waals surface area contributed by atoms with Crippen LogP contribution in [0.15, 0.2) is 30.3 Å². The van der Waals surface area contributed by atoms with Gasteiger partial charge in [0, 0.05) is 11.6 Å². The van der Waals surface area contributed by atoms with E-state index in [0.717, 1.165) is 18.5 Å². The highest BCUT2D eigenvalue weighted by Gasteiger charge is 2.27. The van der Waals surface area contributed by atoms with E-state index in [0.29, 0.717) is 5.92 Å². The van der Waals surface area contributed by atoms with Crippen LogP contribution >= 0.6 is 0 Å². The Morgan fingerprint density at radius 1 is 1.27 bits per heavy atom. The summed E-state index contributed by atoms with van der Waals surface area (Å²) in [4.78, 5) is 11.8. The lowest BCUT2D eigenvalue weighted by molar-refractivity contribution is -0.119. The van der Waals surface area contributed by atoms with E-state index in [4.69, 9.17) is 0 Å². The van der Waals surface area contributed by atoms with Crippen LogP contribution in [0.5, 0.6) is 0 Å². The van der Waals surface area contributed by atoms with Gasteiger partial charge in [0.15, 0.2) is 0 Å². The lowest BCUT2D eigenvalue weighted by Crippen LogP contribution is -2.20. The second-order valence-corrected chi connectivity index (χ2v) is 4.47. The quantitative estimate of drug-likeness (QED) is 0.786. The number of nitrogens with one attached hydrogen (secondary N) is 1. The molecule has 1 aliphatic carbocycles. The summed E-state index contributed by atoms with van der Waals surface area (Å²) in [5, 5.41) is 2.97. The van der Waals surface area contributed by atoms with Crippen molar-refractivity contribution in [3.63, 3.8) is 0 Å². The van der Waals surface area contributed by atoms with Gasteiger partial charge in [0.05, 0.1) is 0 Å². The van der Waals surface area contributed by atoms with Crippen molar-refractivity contribution in [2.45, 2.75) is 26.2 Å².